The van der Waals surface area contributed by atoms with Crippen LogP contribution in [0.15, 0.2) is 6.20 Å². The molecule has 0 bridgehead atoms. The second-order valence-electron chi connectivity index (χ2n) is 4.99. The van der Waals surface area contributed by atoms with Gasteiger partial charge in [0.15, 0.2) is 5.69 Å². The number of amides is 1. The number of carbonyl (C=O) groups excluding carboxylic acids is 1. The predicted octanol–water partition coefficient (Wildman–Crippen LogP) is -0.471. The average Bonchev–Trinajstić information content (AvgIpc) is 2.88. The first kappa shape index (κ1) is 14.4. The van der Waals surface area contributed by atoms with Crippen molar-refractivity contribution in [3.63, 3.8) is 0 Å². The summed E-state index contributed by atoms with van der Waals surface area (Å²) in [6, 6.07) is 0.373. The third kappa shape index (κ3) is 3.13. The number of carboxylic acid groups (broad SMARTS) is 1. The molecule has 0 spiro atoms. The second-order valence-corrected chi connectivity index (χ2v) is 4.99. The van der Waals surface area contributed by atoms with Gasteiger partial charge < -0.3 is 10.0 Å². The minimum Gasteiger partial charge on any atom is -0.476 e. The van der Waals surface area contributed by atoms with E-state index in [4.69, 9.17) is 5.11 Å². The summed E-state index contributed by atoms with van der Waals surface area (Å²) in [5, 5.41) is 15.9. The van der Waals surface area contributed by atoms with Gasteiger partial charge in [0.1, 0.15) is 6.54 Å². The lowest BCUT2D eigenvalue weighted by Gasteiger charge is -2.39. The van der Waals surface area contributed by atoms with E-state index in [1.807, 2.05) is 0 Å². The van der Waals surface area contributed by atoms with Crippen LogP contribution in [0.5, 0.6) is 0 Å². The Kier molecular flexibility index (Phi) is 4.33. The summed E-state index contributed by atoms with van der Waals surface area (Å²) in [6.07, 6.45) is 2.26. The summed E-state index contributed by atoms with van der Waals surface area (Å²) in [7, 11) is 2.06. The molecular formula is C12H19N5O3. The van der Waals surface area contributed by atoms with Crippen LogP contribution in [0.25, 0.3) is 0 Å². The molecule has 0 aromatic carbocycles. The molecule has 1 unspecified atom stereocenters. The molecule has 0 saturated carbocycles. The van der Waals surface area contributed by atoms with Crippen LogP contribution in [0.1, 0.15) is 23.8 Å². The van der Waals surface area contributed by atoms with Crippen molar-refractivity contribution in [2.45, 2.75) is 25.9 Å². The highest BCUT2D eigenvalue weighted by Gasteiger charge is 2.26. The molecule has 1 amide bonds. The lowest BCUT2D eigenvalue weighted by Crippen LogP contribution is -2.53. The summed E-state index contributed by atoms with van der Waals surface area (Å²) in [4.78, 5) is 26.9. The number of carboxylic acids is 1. The van der Waals surface area contributed by atoms with Crippen LogP contribution in [0, 0.1) is 0 Å². The Morgan fingerprint density at radius 1 is 1.45 bits per heavy atom. The molecule has 1 aromatic rings. The van der Waals surface area contributed by atoms with Crippen LogP contribution in [-0.2, 0) is 11.3 Å². The van der Waals surface area contributed by atoms with Crippen LogP contribution < -0.4 is 0 Å². The molecule has 1 atom stereocenters. The number of hydrogen-bond acceptors (Lipinski definition) is 5. The molecule has 8 heteroatoms. The van der Waals surface area contributed by atoms with Crippen LogP contribution >= 0.6 is 0 Å². The largest absolute Gasteiger partial charge is 0.476 e. The summed E-state index contributed by atoms with van der Waals surface area (Å²) >= 11 is 0. The van der Waals surface area contributed by atoms with Crippen molar-refractivity contribution >= 4 is 11.9 Å². The molecule has 1 saturated heterocycles. The third-order valence-electron chi connectivity index (χ3n) is 3.66. The SMILES string of the molecule is CCC1CN(C(=O)Cn2cc(C(=O)O)nn2)CCN1C. The van der Waals surface area contributed by atoms with E-state index in [0.29, 0.717) is 19.1 Å². The molecule has 0 aliphatic carbocycles. The standard InChI is InChI=1S/C12H19N5O3/c1-3-9-6-16(5-4-15(9)2)11(18)8-17-7-10(12(19)20)13-14-17/h7,9H,3-6,8H2,1-2H3,(H,19,20). The fourth-order valence-electron chi connectivity index (χ4n) is 2.33. The van der Waals surface area contributed by atoms with Gasteiger partial charge in [-0.2, -0.15) is 0 Å². The molecule has 2 rings (SSSR count). The van der Waals surface area contributed by atoms with E-state index in [1.54, 1.807) is 4.90 Å². The number of likely N-dealkylation sites (N-methyl/N-ethyl adjacent to an activating group) is 1. The maximum absolute atomic E-state index is 12.2. The maximum Gasteiger partial charge on any atom is 0.358 e. The van der Waals surface area contributed by atoms with Gasteiger partial charge >= 0.3 is 5.97 Å². The zero-order valence-corrected chi connectivity index (χ0v) is 11.7. The van der Waals surface area contributed by atoms with Crippen LogP contribution in [0.2, 0.25) is 0 Å². The van der Waals surface area contributed by atoms with Gasteiger partial charge in [-0.1, -0.05) is 12.1 Å². The Balaban J connectivity index is 1.95. The van der Waals surface area contributed by atoms with E-state index in [9.17, 15) is 9.59 Å². The zero-order chi connectivity index (χ0) is 14.7. The lowest BCUT2D eigenvalue weighted by atomic mass is 10.1. The van der Waals surface area contributed by atoms with Gasteiger partial charge in [-0.05, 0) is 13.5 Å². The number of carbonyl (C=O) groups is 2. The van der Waals surface area contributed by atoms with Gasteiger partial charge in [-0.25, -0.2) is 9.48 Å². The van der Waals surface area contributed by atoms with E-state index in [0.717, 1.165) is 13.0 Å². The van der Waals surface area contributed by atoms with Crippen molar-refractivity contribution in [1.82, 2.24) is 24.8 Å². The van der Waals surface area contributed by atoms with E-state index in [2.05, 4.69) is 29.2 Å². The number of rotatable bonds is 4. The zero-order valence-electron chi connectivity index (χ0n) is 11.7. The molecule has 8 nitrogen and oxygen atoms in total. The number of aromatic carboxylic acids is 1. The first-order chi connectivity index (χ1) is 9.51. The summed E-state index contributed by atoms with van der Waals surface area (Å²) in [5.41, 5.74) is -0.150. The van der Waals surface area contributed by atoms with E-state index < -0.39 is 5.97 Å². The Hall–Kier alpha value is -1.96. The van der Waals surface area contributed by atoms with Crippen molar-refractivity contribution < 1.29 is 14.7 Å². The molecule has 1 aliphatic rings. The first-order valence-corrected chi connectivity index (χ1v) is 6.62. The molecule has 1 aromatic heterocycles. The quantitative estimate of drug-likeness (QED) is 0.802. The Morgan fingerprint density at radius 3 is 2.80 bits per heavy atom. The van der Waals surface area contributed by atoms with Gasteiger partial charge in [0.05, 0.1) is 6.20 Å². The fourth-order valence-corrected chi connectivity index (χ4v) is 2.33. The van der Waals surface area contributed by atoms with Gasteiger partial charge in [0, 0.05) is 25.7 Å². The van der Waals surface area contributed by atoms with Crippen molar-refractivity contribution in [1.29, 1.82) is 0 Å². The highest BCUT2D eigenvalue weighted by atomic mass is 16.4. The second kappa shape index (κ2) is 6.00. The molecule has 1 fully saturated rings. The monoisotopic (exact) mass is 281 g/mol. The van der Waals surface area contributed by atoms with Gasteiger partial charge in [0.2, 0.25) is 5.91 Å². The topological polar surface area (TPSA) is 91.6 Å². The van der Waals surface area contributed by atoms with Crippen molar-refractivity contribution in [3.8, 4) is 0 Å². The minimum absolute atomic E-state index is 0.0282. The smallest absolute Gasteiger partial charge is 0.358 e. The van der Waals surface area contributed by atoms with Crippen LogP contribution in [-0.4, -0.2) is 74.5 Å². The number of piperazine rings is 1. The maximum atomic E-state index is 12.2. The predicted molar refractivity (Wildman–Crippen MR) is 70.3 cm³/mol. The molecular weight excluding hydrogens is 262 g/mol. The van der Waals surface area contributed by atoms with Crippen LogP contribution in [0.3, 0.4) is 0 Å². The molecule has 2 heterocycles. The van der Waals surface area contributed by atoms with Crippen LogP contribution in [0.4, 0.5) is 0 Å². The van der Waals surface area contributed by atoms with Gasteiger partial charge in [-0.15, -0.1) is 5.10 Å². The minimum atomic E-state index is -1.14. The van der Waals surface area contributed by atoms with Crippen molar-refractivity contribution in [2.75, 3.05) is 26.7 Å². The average molecular weight is 281 g/mol. The lowest BCUT2D eigenvalue weighted by molar-refractivity contribution is -0.134. The van der Waals surface area contributed by atoms with E-state index >= 15 is 0 Å². The molecule has 1 N–H and O–H groups in total. The third-order valence-corrected chi connectivity index (χ3v) is 3.66. The highest BCUT2D eigenvalue weighted by molar-refractivity contribution is 5.84. The summed E-state index contributed by atoms with van der Waals surface area (Å²) in [5.74, 6) is -1.20. The summed E-state index contributed by atoms with van der Waals surface area (Å²) in [6.45, 7) is 4.37. The number of hydrogen-bond donors (Lipinski definition) is 1. The molecule has 0 radical (unpaired) electrons. The molecule has 110 valence electrons. The number of nitrogens with zero attached hydrogens (tertiary/aromatic N) is 5. The van der Waals surface area contributed by atoms with E-state index in [-0.39, 0.29) is 18.1 Å². The Labute approximate surface area is 117 Å². The molecule has 1 aliphatic heterocycles. The fraction of sp³-hybridized carbons (Fsp3) is 0.667. The van der Waals surface area contributed by atoms with Crippen molar-refractivity contribution in [3.05, 3.63) is 11.9 Å². The van der Waals surface area contributed by atoms with Gasteiger partial charge in [0.25, 0.3) is 0 Å². The number of aromatic nitrogens is 3. The summed E-state index contributed by atoms with van der Waals surface area (Å²) < 4.78 is 1.27. The van der Waals surface area contributed by atoms with E-state index in [1.165, 1.54) is 10.9 Å². The van der Waals surface area contributed by atoms with Gasteiger partial charge in [-0.3, -0.25) is 9.69 Å². The highest BCUT2D eigenvalue weighted by Crippen LogP contribution is 2.11. The Morgan fingerprint density at radius 2 is 2.20 bits per heavy atom. The molecule has 20 heavy (non-hydrogen) atoms. The normalized spacial score (nSPS) is 20.1. The first-order valence-electron chi connectivity index (χ1n) is 6.62. The Bertz CT molecular complexity index is 501. The van der Waals surface area contributed by atoms with Crippen molar-refractivity contribution in [2.24, 2.45) is 0 Å².